The van der Waals surface area contributed by atoms with Crippen molar-refractivity contribution in [3.8, 4) is 11.4 Å². The van der Waals surface area contributed by atoms with Gasteiger partial charge in [-0.05, 0) is 25.8 Å². The molecule has 0 aromatic carbocycles. The molecule has 1 fully saturated rings. The standard InChI is InChI=1S/C29H42N6O3S/c1-18-13-20(14-25(37)38-8)33-35(18)16-24(36)34-11-9-19(10-12-34)26-30-22(17-39-26)21-15-23(28(2,3)4)32-27(31-21)29(5,6)7/h15,17-19H,9-14,16H2,1-8H3. The van der Waals surface area contributed by atoms with Gasteiger partial charge in [-0.3, -0.25) is 14.6 Å². The topological polar surface area (TPSA) is 101 Å². The van der Waals surface area contributed by atoms with Crippen LogP contribution in [0.1, 0.15) is 96.6 Å². The molecule has 0 bridgehead atoms. The first-order chi connectivity index (χ1) is 18.2. The minimum Gasteiger partial charge on any atom is -0.469 e. The molecule has 2 aliphatic heterocycles. The van der Waals surface area contributed by atoms with E-state index in [9.17, 15) is 9.59 Å². The van der Waals surface area contributed by atoms with Gasteiger partial charge in [-0.25, -0.2) is 15.0 Å². The maximum atomic E-state index is 13.0. The van der Waals surface area contributed by atoms with Crippen molar-refractivity contribution in [3.63, 3.8) is 0 Å². The zero-order valence-electron chi connectivity index (χ0n) is 24.6. The third-order valence-electron chi connectivity index (χ3n) is 7.33. The number of rotatable bonds is 6. The van der Waals surface area contributed by atoms with Crippen molar-refractivity contribution in [2.75, 3.05) is 26.7 Å². The van der Waals surface area contributed by atoms with E-state index in [1.165, 1.54) is 7.11 Å². The maximum absolute atomic E-state index is 13.0. The fourth-order valence-corrected chi connectivity index (χ4v) is 5.80. The Morgan fingerprint density at radius 2 is 1.72 bits per heavy atom. The lowest BCUT2D eigenvalue weighted by Gasteiger charge is -2.32. The van der Waals surface area contributed by atoms with E-state index in [0.717, 1.165) is 46.5 Å². The summed E-state index contributed by atoms with van der Waals surface area (Å²) in [6.45, 7) is 16.6. The lowest BCUT2D eigenvalue weighted by Crippen LogP contribution is -2.43. The van der Waals surface area contributed by atoms with Crippen LogP contribution in [0.15, 0.2) is 16.5 Å². The molecule has 0 N–H and O–H groups in total. The predicted molar refractivity (Wildman–Crippen MR) is 154 cm³/mol. The Kier molecular flexibility index (Phi) is 8.44. The predicted octanol–water partition coefficient (Wildman–Crippen LogP) is 4.91. The van der Waals surface area contributed by atoms with Crippen molar-refractivity contribution in [1.29, 1.82) is 0 Å². The van der Waals surface area contributed by atoms with Crippen LogP contribution < -0.4 is 0 Å². The minimum atomic E-state index is -0.300. The fraction of sp³-hybridized carbons (Fsp3) is 0.655. The summed E-state index contributed by atoms with van der Waals surface area (Å²) in [5.41, 5.74) is 3.32. The molecule has 39 heavy (non-hydrogen) atoms. The van der Waals surface area contributed by atoms with E-state index < -0.39 is 0 Å². The van der Waals surface area contributed by atoms with Gasteiger partial charge in [-0.2, -0.15) is 5.10 Å². The Morgan fingerprint density at radius 3 is 2.33 bits per heavy atom. The lowest BCUT2D eigenvalue weighted by molar-refractivity contribution is -0.139. The van der Waals surface area contributed by atoms with Gasteiger partial charge in [-0.1, -0.05) is 41.5 Å². The van der Waals surface area contributed by atoms with E-state index >= 15 is 0 Å². The second-order valence-electron chi connectivity index (χ2n) is 12.8. The molecule has 212 valence electrons. The number of carbonyl (C=O) groups excluding carboxylic acids is 2. The first-order valence-corrected chi connectivity index (χ1v) is 14.7. The van der Waals surface area contributed by atoms with E-state index in [1.807, 2.05) is 11.8 Å². The molecular formula is C29H42N6O3S. The number of hydrogen-bond donors (Lipinski definition) is 0. The third-order valence-corrected chi connectivity index (χ3v) is 8.34. The third kappa shape index (κ3) is 7.01. The van der Waals surface area contributed by atoms with Crippen LogP contribution >= 0.6 is 11.3 Å². The van der Waals surface area contributed by atoms with Crippen LogP contribution in [0.3, 0.4) is 0 Å². The Balaban J connectivity index is 1.39. The summed E-state index contributed by atoms with van der Waals surface area (Å²) in [7, 11) is 1.38. The second-order valence-corrected chi connectivity index (χ2v) is 13.6. The van der Waals surface area contributed by atoms with Crippen LogP contribution in [-0.2, 0) is 25.2 Å². The van der Waals surface area contributed by atoms with Gasteiger partial charge in [-0.15, -0.1) is 11.3 Å². The van der Waals surface area contributed by atoms with E-state index in [1.54, 1.807) is 16.3 Å². The Hall–Kier alpha value is -2.88. The van der Waals surface area contributed by atoms with Crippen LogP contribution in [-0.4, -0.2) is 75.2 Å². The van der Waals surface area contributed by atoms with Crippen molar-refractivity contribution in [1.82, 2.24) is 24.9 Å². The molecule has 9 nitrogen and oxygen atoms in total. The number of piperidine rings is 1. The molecule has 0 spiro atoms. The summed E-state index contributed by atoms with van der Waals surface area (Å²) < 4.78 is 4.75. The highest BCUT2D eigenvalue weighted by Gasteiger charge is 2.31. The van der Waals surface area contributed by atoms with Gasteiger partial charge < -0.3 is 9.64 Å². The molecule has 1 amide bonds. The van der Waals surface area contributed by atoms with Gasteiger partial charge in [0.05, 0.1) is 47.4 Å². The second kappa shape index (κ2) is 11.3. The molecule has 10 heteroatoms. The van der Waals surface area contributed by atoms with Gasteiger partial charge in [0.2, 0.25) is 5.91 Å². The van der Waals surface area contributed by atoms with Crippen LogP contribution in [0, 0.1) is 0 Å². The van der Waals surface area contributed by atoms with Crippen LogP contribution in [0.25, 0.3) is 11.4 Å². The molecule has 1 saturated heterocycles. The Labute approximate surface area is 236 Å². The molecule has 0 aliphatic carbocycles. The highest BCUT2D eigenvalue weighted by Crippen LogP contribution is 2.34. The molecule has 0 radical (unpaired) electrons. The zero-order chi connectivity index (χ0) is 28.5. The normalized spacial score (nSPS) is 18.9. The van der Waals surface area contributed by atoms with Gasteiger partial charge >= 0.3 is 5.97 Å². The molecule has 2 aliphatic rings. The number of amides is 1. The van der Waals surface area contributed by atoms with Gasteiger partial charge in [0.1, 0.15) is 12.4 Å². The van der Waals surface area contributed by atoms with E-state index in [2.05, 4.69) is 58.1 Å². The summed E-state index contributed by atoms with van der Waals surface area (Å²) in [6.07, 6.45) is 2.62. The number of methoxy groups -OCH3 is 1. The zero-order valence-corrected chi connectivity index (χ0v) is 25.4. The van der Waals surface area contributed by atoms with E-state index in [-0.39, 0.29) is 41.7 Å². The van der Waals surface area contributed by atoms with Crippen LogP contribution in [0.2, 0.25) is 0 Å². The van der Waals surface area contributed by atoms with Crippen molar-refractivity contribution in [3.05, 3.63) is 28.0 Å². The number of thiazole rings is 1. The molecule has 4 rings (SSSR count). The lowest BCUT2D eigenvalue weighted by atomic mass is 9.89. The highest BCUT2D eigenvalue weighted by atomic mass is 32.1. The summed E-state index contributed by atoms with van der Waals surface area (Å²) in [5.74, 6) is 0.939. The van der Waals surface area contributed by atoms with Crippen molar-refractivity contribution >= 4 is 28.9 Å². The largest absolute Gasteiger partial charge is 0.469 e. The number of ether oxygens (including phenoxy) is 1. The maximum Gasteiger partial charge on any atom is 0.311 e. The number of nitrogens with zero attached hydrogens (tertiary/aromatic N) is 6. The number of hydrogen-bond acceptors (Lipinski definition) is 9. The smallest absolute Gasteiger partial charge is 0.311 e. The number of esters is 1. The first-order valence-electron chi connectivity index (χ1n) is 13.8. The van der Waals surface area contributed by atoms with Gasteiger partial charge in [0, 0.05) is 41.6 Å². The first kappa shape index (κ1) is 29.1. The number of carbonyl (C=O) groups is 2. The Bertz CT molecular complexity index is 1200. The monoisotopic (exact) mass is 554 g/mol. The van der Waals surface area contributed by atoms with Gasteiger partial charge in [0.25, 0.3) is 0 Å². The number of hydrazone groups is 1. The molecular weight excluding hydrogens is 512 g/mol. The SMILES string of the molecule is COC(=O)CC1=NN(CC(=O)N2CCC(c3nc(-c4cc(C(C)(C)C)nc(C(C)(C)C)n4)cs3)CC2)C(C)C1. The molecule has 1 unspecified atom stereocenters. The summed E-state index contributed by atoms with van der Waals surface area (Å²) in [4.78, 5) is 41.3. The van der Waals surface area contributed by atoms with Crippen molar-refractivity contribution in [2.45, 2.75) is 96.9 Å². The quantitative estimate of drug-likeness (QED) is 0.468. The highest BCUT2D eigenvalue weighted by molar-refractivity contribution is 7.10. The molecule has 2 aromatic heterocycles. The van der Waals surface area contributed by atoms with Gasteiger partial charge in [0.15, 0.2) is 0 Å². The molecule has 1 atom stereocenters. The average molecular weight is 555 g/mol. The van der Waals surface area contributed by atoms with Crippen LogP contribution in [0.5, 0.6) is 0 Å². The average Bonchev–Trinajstić information content (AvgIpc) is 3.49. The molecule has 4 heterocycles. The molecule has 0 saturated carbocycles. The molecule has 2 aromatic rings. The van der Waals surface area contributed by atoms with E-state index in [4.69, 9.17) is 19.7 Å². The summed E-state index contributed by atoms with van der Waals surface area (Å²) in [5, 5.41) is 9.53. The summed E-state index contributed by atoms with van der Waals surface area (Å²) >= 11 is 1.68. The van der Waals surface area contributed by atoms with E-state index in [0.29, 0.717) is 25.4 Å². The summed E-state index contributed by atoms with van der Waals surface area (Å²) in [6, 6.07) is 2.17. The number of aromatic nitrogens is 3. The van der Waals surface area contributed by atoms with Crippen molar-refractivity contribution < 1.29 is 14.3 Å². The number of likely N-dealkylation sites (tertiary alicyclic amines) is 1. The van der Waals surface area contributed by atoms with Crippen LogP contribution in [0.4, 0.5) is 0 Å². The Morgan fingerprint density at radius 1 is 1.03 bits per heavy atom. The fourth-order valence-electron chi connectivity index (χ4n) is 4.81. The minimum absolute atomic E-state index is 0.0774. The van der Waals surface area contributed by atoms with Crippen molar-refractivity contribution in [2.24, 2.45) is 5.10 Å².